The van der Waals surface area contributed by atoms with E-state index >= 15 is 0 Å². The molecule has 1 aromatic carbocycles. The first-order chi connectivity index (χ1) is 12.5. The van der Waals surface area contributed by atoms with Gasteiger partial charge in [0.25, 0.3) is 5.69 Å². The third-order valence-electron chi connectivity index (χ3n) is 4.49. The summed E-state index contributed by atoms with van der Waals surface area (Å²) in [5.41, 5.74) is 3.19. The van der Waals surface area contributed by atoms with E-state index in [4.69, 9.17) is 0 Å². The Bertz CT molecular complexity index is 862. The lowest BCUT2D eigenvalue weighted by Crippen LogP contribution is -2.31. The van der Waals surface area contributed by atoms with E-state index in [1.54, 1.807) is 12.1 Å². The second-order valence-corrected chi connectivity index (χ2v) is 7.61. The minimum Gasteiger partial charge on any atom is -0.308 e. The van der Waals surface area contributed by atoms with Gasteiger partial charge in [0.2, 0.25) is 0 Å². The van der Waals surface area contributed by atoms with Crippen molar-refractivity contribution >= 4 is 17.4 Å². The maximum Gasteiger partial charge on any atom is 0.348 e. The maximum atomic E-state index is 12.5. The summed E-state index contributed by atoms with van der Waals surface area (Å²) in [4.78, 5) is 29.2. The Labute approximate surface area is 156 Å². The van der Waals surface area contributed by atoms with Gasteiger partial charge in [-0.05, 0) is 38.9 Å². The Morgan fingerprint density at radius 3 is 2.65 bits per heavy atom. The Morgan fingerprint density at radius 2 is 2.00 bits per heavy atom. The van der Waals surface area contributed by atoms with Gasteiger partial charge in [0.05, 0.1) is 4.92 Å². The molecule has 0 fully saturated rings. The highest BCUT2D eigenvalue weighted by Gasteiger charge is 2.22. The Balaban J connectivity index is 1.78. The molecular formula is C18H22N4O3S. The number of hydrogen-bond acceptors (Lipinski definition) is 6. The van der Waals surface area contributed by atoms with Crippen molar-refractivity contribution in [1.29, 1.82) is 0 Å². The van der Waals surface area contributed by atoms with Crippen molar-refractivity contribution in [3.63, 3.8) is 0 Å². The van der Waals surface area contributed by atoms with Gasteiger partial charge in [-0.25, -0.2) is 4.79 Å². The Morgan fingerprint density at radius 1 is 1.27 bits per heavy atom. The highest BCUT2D eigenvalue weighted by atomic mass is 32.2. The van der Waals surface area contributed by atoms with Crippen molar-refractivity contribution in [3.8, 4) is 0 Å². The van der Waals surface area contributed by atoms with E-state index < -0.39 is 4.92 Å². The number of nitro benzene ring substituents is 1. The summed E-state index contributed by atoms with van der Waals surface area (Å²) >= 11 is 1.54. The number of thioether (sulfide) groups is 1. The molecule has 1 heterocycles. The van der Waals surface area contributed by atoms with Crippen LogP contribution < -0.4 is 5.69 Å². The van der Waals surface area contributed by atoms with Crippen LogP contribution in [-0.2, 0) is 25.1 Å². The fourth-order valence-electron chi connectivity index (χ4n) is 3.10. The van der Waals surface area contributed by atoms with Gasteiger partial charge in [-0.1, -0.05) is 12.1 Å². The van der Waals surface area contributed by atoms with Crippen LogP contribution in [0.2, 0.25) is 0 Å². The van der Waals surface area contributed by atoms with Crippen molar-refractivity contribution in [3.05, 3.63) is 61.7 Å². The largest absolute Gasteiger partial charge is 0.348 e. The van der Waals surface area contributed by atoms with Crippen molar-refractivity contribution in [2.24, 2.45) is 0 Å². The third-order valence-corrected chi connectivity index (χ3v) is 5.58. The minimum absolute atomic E-state index is 0.0845. The molecule has 1 aliphatic rings. The second kappa shape index (κ2) is 8.01. The minimum atomic E-state index is -0.404. The number of hydrogen-bond donors (Lipinski definition) is 0. The highest BCUT2D eigenvalue weighted by molar-refractivity contribution is 7.98. The van der Waals surface area contributed by atoms with Crippen LogP contribution in [0.3, 0.4) is 0 Å². The molecule has 8 heteroatoms. The van der Waals surface area contributed by atoms with E-state index in [1.807, 2.05) is 18.7 Å². The van der Waals surface area contributed by atoms with E-state index in [0.717, 1.165) is 42.1 Å². The molecule has 3 rings (SSSR count). The number of fused-ring (bicyclic) bond motifs is 1. The monoisotopic (exact) mass is 374 g/mol. The highest BCUT2D eigenvalue weighted by Crippen LogP contribution is 2.31. The molecule has 0 amide bonds. The van der Waals surface area contributed by atoms with E-state index in [9.17, 15) is 14.9 Å². The predicted molar refractivity (Wildman–Crippen MR) is 102 cm³/mol. The zero-order chi connectivity index (χ0) is 18.7. The van der Waals surface area contributed by atoms with Gasteiger partial charge in [0, 0.05) is 42.2 Å². The number of rotatable bonds is 7. The van der Waals surface area contributed by atoms with Crippen LogP contribution in [0.5, 0.6) is 0 Å². The van der Waals surface area contributed by atoms with Gasteiger partial charge in [-0.15, -0.1) is 11.8 Å². The lowest BCUT2D eigenvalue weighted by atomic mass is 10.2. The molecule has 0 saturated carbocycles. The molecule has 0 unspecified atom stereocenters. The summed E-state index contributed by atoms with van der Waals surface area (Å²) in [6.07, 6.45) is 2.92. The molecule has 7 nitrogen and oxygen atoms in total. The van der Waals surface area contributed by atoms with Crippen LogP contribution >= 0.6 is 11.8 Å². The Kier molecular flexibility index (Phi) is 5.73. The van der Waals surface area contributed by atoms with Crippen molar-refractivity contribution in [2.75, 3.05) is 20.6 Å². The molecule has 0 bridgehead atoms. The number of nitrogens with zero attached hydrogens (tertiary/aromatic N) is 4. The number of nitro groups is 1. The molecule has 26 heavy (non-hydrogen) atoms. The number of benzene rings is 1. The van der Waals surface area contributed by atoms with E-state index in [-0.39, 0.29) is 11.4 Å². The fourth-order valence-corrected chi connectivity index (χ4v) is 4.13. The summed E-state index contributed by atoms with van der Waals surface area (Å²) in [6, 6.07) is 6.52. The van der Waals surface area contributed by atoms with Gasteiger partial charge in [-0.2, -0.15) is 4.98 Å². The Hall–Kier alpha value is -2.19. The molecule has 138 valence electrons. The van der Waals surface area contributed by atoms with Gasteiger partial charge in [-0.3, -0.25) is 14.7 Å². The van der Waals surface area contributed by atoms with Crippen molar-refractivity contribution in [2.45, 2.75) is 36.6 Å². The van der Waals surface area contributed by atoms with E-state index in [2.05, 4.69) is 9.88 Å². The normalized spacial score (nSPS) is 13.2. The number of non-ortho nitro benzene ring substituents is 1. The van der Waals surface area contributed by atoms with E-state index in [0.29, 0.717) is 12.3 Å². The summed E-state index contributed by atoms with van der Waals surface area (Å²) in [5, 5.41) is 11.5. The van der Waals surface area contributed by atoms with Crippen LogP contribution in [0.25, 0.3) is 0 Å². The molecule has 0 aliphatic heterocycles. The third kappa shape index (κ3) is 4.13. The summed E-state index contributed by atoms with van der Waals surface area (Å²) < 4.78 is 1.82. The maximum absolute atomic E-state index is 12.5. The average Bonchev–Trinajstić information content (AvgIpc) is 3.09. The van der Waals surface area contributed by atoms with E-state index in [1.165, 1.54) is 29.5 Å². The van der Waals surface area contributed by atoms with Crippen LogP contribution in [0.1, 0.15) is 23.2 Å². The first-order valence-electron chi connectivity index (χ1n) is 8.59. The molecule has 2 aromatic rings. The van der Waals surface area contributed by atoms with Crippen LogP contribution in [0.4, 0.5) is 5.69 Å². The number of likely N-dealkylation sites (N-methyl/N-ethyl adjacent to an activating group) is 1. The summed E-state index contributed by atoms with van der Waals surface area (Å²) in [7, 11) is 3.99. The lowest BCUT2D eigenvalue weighted by Gasteiger charge is -2.16. The van der Waals surface area contributed by atoms with Crippen molar-refractivity contribution < 1.29 is 4.92 Å². The molecule has 0 radical (unpaired) electrons. The molecule has 0 N–H and O–H groups in total. The standard InChI is InChI=1S/C18H22N4O3S/c1-20(2)10-11-21-16-5-3-4-15(16)17(19-18(21)23)26-12-13-6-8-14(9-7-13)22(24)25/h6-9H,3-5,10-12H2,1-2H3. The summed E-state index contributed by atoms with van der Waals surface area (Å²) in [5.74, 6) is 0.637. The molecule has 1 aromatic heterocycles. The van der Waals surface area contributed by atoms with Crippen LogP contribution in [0, 0.1) is 10.1 Å². The predicted octanol–water partition coefficient (Wildman–Crippen LogP) is 2.49. The van der Waals surface area contributed by atoms with Crippen molar-refractivity contribution in [1.82, 2.24) is 14.5 Å². The first kappa shape index (κ1) is 18.6. The molecule has 0 atom stereocenters. The SMILES string of the molecule is CN(C)CCn1c2c(c(SCc3ccc([N+](=O)[O-])cc3)nc1=O)CCC2. The van der Waals surface area contributed by atoms with Crippen LogP contribution in [-0.4, -0.2) is 40.0 Å². The quantitative estimate of drug-likeness (QED) is 0.321. The topological polar surface area (TPSA) is 81.3 Å². The average molecular weight is 374 g/mol. The van der Waals surface area contributed by atoms with Gasteiger partial charge in [0.1, 0.15) is 5.03 Å². The smallest absolute Gasteiger partial charge is 0.308 e. The van der Waals surface area contributed by atoms with Gasteiger partial charge in [0.15, 0.2) is 0 Å². The van der Waals surface area contributed by atoms with Gasteiger partial charge < -0.3 is 4.90 Å². The molecule has 0 saturated heterocycles. The van der Waals surface area contributed by atoms with Gasteiger partial charge >= 0.3 is 5.69 Å². The lowest BCUT2D eigenvalue weighted by molar-refractivity contribution is -0.384. The first-order valence-corrected chi connectivity index (χ1v) is 9.57. The molecule has 0 spiro atoms. The second-order valence-electron chi connectivity index (χ2n) is 6.65. The zero-order valence-electron chi connectivity index (χ0n) is 15.0. The van der Waals surface area contributed by atoms with Crippen LogP contribution in [0.15, 0.2) is 34.1 Å². The fraction of sp³-hybridized carbons (Fsp3) is 0.444. The zero-order valence-corrected chi connectivity index (χ0v) is 15.8. The molecule has 1 aliphatic carbocycles. The summed E-state index contributed by atoms with van der Waals surface area (Å²) in [6.45, 7) is 1.47. The molecular weight excluding hydrogens is 352 g/mol. The number of aromatic nitrogens is 2.